The van der Waals surface area contributed by atoms with E-state index in [1.165, 1.54) is 11.3 Å². The van der Waals surface area contributed by atoms with Crippen LogP contribution >= 0.6 is 34.3 Å². The highest BCUT2D eigenvalue weighted by Crippen LogP contribution is 2.31. The molecule has 0 radical (unpaired) electrons. The Morgan fingerprint density at radius 2 is 2.12 bits per heavy atom. The zero-order chi connectivity index (χ0) is 18.0. The van der Waals surface area contributed by atoms with Crippen molar-refractivity contribution < 1.29 is 9.90 Å². The van der Waals surface area contributed by atoms with Crippen LogP contribution in [0.2, 0.25) is 5.02 Å². The fraction of sp³-hybridized carbons (Fsp3) is 0.333. The topological polar surface area (TPSA) is 62.2 Å². The van der Waals surface area contributed by atoms with Crippen LogP contribution in [-0.4, -0.2) is 22.6 Å². The van der Waals surface area contributed by atoms with Crippen molar-refractivity contribution in [3.63, 3.8) is 0 Å². The number of nitrogens with zero attached hydrogens (tertiary/aromatic N) is 1. The molecule has 3 aromatic rings. The number of fused-ring (bicyclic) bond motifs is 1. The number of aliphatic hydroxyl groups excluding tert-OH is 1. The van der Waals surface area contributed by atoms with E-state index in [-0.39, 0.29) is 24.3 Å². The Labute approximate surface area is 159 Å². The number of thiophene rings is 1. The van der Waals surface area contributed by atoms with Gasteiger partial charge in [0.05, 0.1) is 12.1 Å². The van der Waals surface area contributed by atoms with Gasteiger partial charge in [-0.1, -0.05) is 25.4 Å². The summed E-state index contributed by atoms with van der Waals surface area (Å²) in [6, 6.07) is 5.73. The van der Waals surface area contributed by atoms with Gasteiger partial charge in [-0.25, -0.2) is 4.98 Å². The van der Waals surface area contributed by atoms with Gasteiger partial charge in [0.1, 0.15) is 0 Å². The molecule has 0 fully saturated rings. The summed E-state index contributed by atoms with van der Waals surface area (Å²) >= 11 is 9.08. The van der Waals surface area contributed by atoms with Gasteiger partial charge in [-0.05, 0) is 40.9 Å². The smallest absolute Gasteiger partial charge is 0.230 e. The summed E-state index contributed by atoms with van der Waals surface area (Å²) in [4.78, 5) is 16.9. The number of nitrogens with one attached hydrogen (secondary N) is 1. The molecule has 0 unspecified atom stereocenters. The molecule has 0 saturated carbocycles. The monoisotopic (exact) mass is 394 g/mol. The third-order valence-corrected chi connectivity index (χ3v) is 6.15. The number of hydrogen-bond acceptors (Lipinski definition) is 5. The molecule has 0 bridgehead atoms. The van der Waals surface area contributed by atoms with Crippen LogP contribution in [0.5, 0.6) is 0 Å². The van der Waals surface area contributed by atoms with Gasteiger partial charge in [0, 0.05) is 27.1 Å². The molecule has 132 valence electrons. The first-order chi connectivity index (χ1) is 11.9. The lowest BCUT2D eigenvalue weighted by Gasteiger charge is -2.20. The van der Waals surface area contributed by atoms with Crippen molar-refractivity contribution in [2.24, 2.45) is 0 Å². The van der Waals surface area contributed by atoms with E-state index in [1.54, 1.807) is 11.3 Å². The maximum Gasteiger partial charge on any atom is 0.230 e. The molecule has 0 aliphatic rings. The van der Waals surface area contributed by atoms with E-state index in [0.29, 0.717) is 16.6 Å². The van der Waals surface area contributed by atoms with E-state index in [2.05, 4.69) is 10.3 Å². The molecule has 7 heteroatoms. The zero-order valence-electron chi connectivity index (χ0n) is 14.0. The van der Waals surface area contributed by atoms with Crippen LogP contribution in [0.25, 0.3) is 10.1 Å². The highest BCUT2D eigenvalue weighted by Gasteiger charge is 2.23. The molecule has 0 spiro atoms. The summed E-state index contributed by atoms with van der Waals surface area (Å²) in [5.74, 6) is -0.0967. The SMILES string of the molecule is CC(C)(CCO)c1csc(NC(=O)Cc2csc3ccc(Cl)cc23)n1. The first kappa shape index (κ1) is 18.3. The van der Waals surface area contributed by atoms with E-state index in [9.17, 15) is 4.79 Å². The first-order valence-corrected chi connectivity index (χ1v) is 10.0. The predicted molar refractivity (Wildman–Crippen MR) is 106 cm³/mol. The Hall–Kier alpha value is -1.47. The minimum atomic E-state index is -0.214. The Morgan fingerprint density at radius 3 is 2.88 bits per heavy atom. The fourth-order valence-electron chi connectivity index (χ4n) is 2.58. The van der Waals surface area contributed by atoms with Crippen molar-refractivity contribution >= 4 is 55.4 Å². The van der Waals surface area contributed by atoms with Crippen molar-refractivity contribution in [1.82, 2.24) is 4.98 Å². The average Bonchev–Trinajstić information content (AvgIpc) is 3.15. The average molecular weight is 395 g/mol. The van der Waals surface area contributed by atoms with Gasteiger partial charge in [0.2, 0.25) is 5.91 Å². The number of carbonyl (C=O) groups is 1. The van der Waals surface area contributed by atoms with Gasteiger partial charge in [-0.15, -0.1) is 22.7 Å². The molecular formula is C18H19ClN2O2S2. The molecule has 0 saturated heterocycles. The Kier molecular flexibility index (Phi) is 5.43. The lowest BCUT2D eigenvalue weighted by atomic mass is 9.87. The van der Waals surface area contributed by atoms with Gasteiger partial charge in [0.15, 0.2) is 5.13 Å². The molecule has 0 atom stereocenters. The summed E-state index contributed by atoms with van der Waals surface area (Å²) < 4.78 is 1.12. The van der Waals surface area contributed by atoms with E-state index in [0.717, 1.165) is 21.3 Å². The van der Waals surface area contributed by atoms with Crippen LogP contribution in [0.4, 0.5) is 5.13 Å². The molecule has 2 heterocycles. The normalized spacial score (nSPS) is 11.8. The number of hydrogen-bond donors (Lipinski definition) is 2. The van der Waals surface area contributed by atoms with Crippen molar-refractivity contribution in [3.05, 3.63) is 45.2 Å². The number of aromatic nitrogens is 1. The Morgan fingerprint density at radius 1 is 1.32 bits per heavy atom. The number of aliphatic hydroxyl groups is 1. The van der Waals surface area contributed by atoms with Crippen LogP contribution in [0.3, 0.4) is 0 Å². The molecule has 4 nitrogen and oxygen atoms in total. The minimum absolute atomic E-state index is 0.0967. The first-order valence-electron chi connectivity index (χ1n) is 7.91. The number of anilines is 1. The van der Waals surface area contributed by atoms with Gasteiger partial charge in [0.25, 0.3) is 0 Å². The number of halogens is 1. The maximum absolute atomic E-state index is 12.4. The summed E-state index contributed by atoms with van der Waals surface area (Å²) in [6.07, 6.45) is 0.918. The summed E-state index contributed by atoms with van der Waals surface area (Å²) in [7, 11) is 0. The molecule has 1 amide bonds. The van der Waals surface area contributed by atoms with Crippen LogP contribution in [0, 0.1) is 0 Å². The van der Waals surface area contributed by atoms with Crippen molar-refractivity contribution in [3.8, 4) is 0 Å². The second-order valence-corrected chi connectivity index (χ2v) is 8.73. The van der Waals surface area contributed by atoms with Crippen LogP contribution in [0.15, 0.2) is 29.0 Å². The van der Waals surface area contributed by atoms with Gasteiger partial charge in [-0.2, -0.15) is 0 Å². The standard InChI is InChI=1S/C18H19ClN2O2S2/c1-18(2,5-6-22)15-10-25-17(20-15)21-16(23)7-11-9-24-14-4-3-12(19)8-13(11)14/h3-4,8-10,22H,5-7H2,1-2H3,(H,20,21,23). The van der Waals surface area contributed by atoms with E-state index in [4.69, 9.17) is 16.7 Å². The molecule has 0 aliphatic carbocycles. The molecule has 1 aromatic carbocycles. The predicted octanol–water partition coefficient (Wildman–Crippen LogP) is 4.85. The van der Waals surface area contributed by atoms with E-state index in [1.807, 2.05) is 42.8 Å². The minimum Gasteiger partial charge on any atom is -0.396 e. The second kappa shape index (κ2) is 7.41. The number of thiazole rings is 1. The van der Waals surface area contributed by atoms with Crippen LogP contribution < -0.4 is 5.32 Å². The van der Waals surface area contributed by atoms with Gasteiger partial charge >= 0.3 is 0 Å². The number of benzene rings is 1. The van der Waals surface area contributed by atoms with E-state index < -0.39 is 0 Å². The molecule has 3 rings (SSSR count). The number of carbonyl (C=O) groups excluding carboxylic acids is 1. The van der Waals surface area contributed by atoms with E-state index >= 15 is 0 Å². The molecule has 25 heavy (non-hydrogen) atoms. The molecular weight excluding hydrogens is 376 g/mol. The third kappa shape index (κ3) is 4.20. The van der Waals surface area contributed by atoms with Gasteiger partial charge < -0.3 is 10.4 Å². The van der Waals surface area contributed by atoms with Crippen molar-refractivity contribution in [2.45, 2.75) is 32.1 Å². The fourth-order valence-corrected chi connectivity index (χ4v) is 4.61. The summed E-state index contributed by atoms with van der Waals surface area (Å²) in [5, 5.41) is 18.2. The van der Waals surface area contributed by atoms with Gasteiger partial charge in [-0.3, -0.25) is 4.79 Å². The lowest BCUT2D eigenvalue weighted by molar-refractivity contribution is -0.115. The largest absolute Gasteiger partial charge is 0.396 e. The highest BCUT2D eigenvalue weighted by molar-refractivity contribution is 7.17. The Balaban J connectivity index is 1.70. The zero-order valence-corrected chi connectivity index (χ0v) is 16.4. The highest BCUT2D eigenvalue weighted by atomic mass is 35.5. The molecule has 0 aliphatic heterocycles. The summed E-state index contributed by atoms with van der Waals surface area (Å²) in [6.45, 7) is 4.18. The molecule has 2 aromatic heterocycles. The van der Waals surface area contributed by atoms with Crippen molar-refractivity contribution in [1.29, 1.82) is 0 Å². The van der Waals surface area contributed by atoms with Crippen LogP contribution in [0.1, 0.15) is 31.5 Å². The maximum atomic E-state index is 12.4. The Bertz CT molecular complexity index is 902. The molecule has 2 N–H and O–H groups in total. The third-order valence-electron chi connectivity index (χ3n) is 4.15. The summed E-state index contributed by atoms with van der Waals surface area (Å²) in [5.41, 5.74) is 1.64. The van der Waals surface area contributed by atoms with Crippen LogP contribution in [-0.2, 0) is 16.6 Å². The number of amides is 1. The number of rotatable bonds is 6. The lowest BCUT2D eigenvalue weighted by Crippen LogP contribution is -2.20. The quantitative estimate of drug-likeness (QED) is 0.628. The second-order valence-electron chi connectivity index (χ2n) is 6.52. The van der Waals surface area contributed by atoms with Crippen molar-refractivity contribution in [2.75, 3.05) is 11.9 Å².